The van der Waals surface area contributed by atoms with Crippen LogP contribution in [0.1, 0.15) is 31.4 Å². The number of benzene rings is 1. The summed E-state index contributed by atoms with van der Waals surface area (Å²) < 4.78 is 32.9. The lowest BCUT2D eigenvalue weighted by atomic mass is 9.92. The van der Waals surface area contributed by atoms with Gasteiger partial charge in [-0.15, -0.1) is 0 Å². The third kappa shape index (κ3) is 4.12. The fourth-order valence-corrected chi connectivity index (χ4v) is 4.78. The SMILES string of the molecule is C[C@H]1C[C@H](C)CN(CCNS(=O)(=O)c2ccc3c(c2)COC3)C1. The van der Waals surface area contributed by atoms with E-state index >= 15 is 0 Å². The zero-order chi connectivity index (χ0) is 16.4. The first kappa shape index (κ1) is 16.9. The lowest BCUT2D eigenvalue weighted by Crippen LogP contribution is -2.42. The molecular weight excluding hydrogens is 312 g/mol. The van der Waals surface area contributed by atoms with Crippen molar-refractivity contribution in [3.05, 3.63) is 29.3 Å². The molecule has 23 heavy (non-hydrogen) atoms. The molecule has 2 heterocycles. The average molecular weight is 338 g/mol. The number of hydrogen-bond donors (Lipinski definition) is 1. The lowest BCUT2D eigenvalue weighted by Gasteiger charge is -2.34. The number of likely N-dealkylation sites (tertiary alicyclic amines) is 1. The van der Waals surface area contributed by atoms with Gasteiger partial charge >= 0.3 is 0 Å². The Balaban J connectivity index is 1.57. The fraction of sp³-hybridized carbons (Fsp3) is 0.647. The third-order valence-electron chi connectivity index (χ3n) is 4.67. The maximum absolute atomic E-state index is 12.4. The van der Waals surface area contributed by atoms with E-state index in [9.17, 15) is 8.42 Å². The molecule has 128 valence electrons. The van der Waals surface area contributed by atoms with Gasteiger partial charge < -0.3 is 9.64 Å². The third-order valence-corrected chi connectivity index (χ3v) is 6.13. The first-order chi connectivity index (χ1) is 10.9. The summed E-state index contributed by atoms with van der Waals surface area (Å²) >= 11 is 0. The number of nitrogens with one attached hydrogen (secondary N) is 1. The Hall–Kier alpha value is -0.950. The monoisotopic (exact) mass is 338 g/mol. The van der Waals surface area contributed by atoms with E-state index in [1.807, 2.05) is 6.07 Å². The second kappa shape index (κ2) is 6.89. The van der Waals surface area contributed by atoms with Crippen molar-refractivity contribution in [1.29, 1.82) is 0 Å². The summed E-state index contributed by atoms with van der Waals surface area (Å²) in [6.07, 6.45) is 1.26. The van der Waals surface area contributed by atoms with Crippen molar-refractivity contribution in [3.8, 4) is 0 Å². The zero-order valence-electron chi connectivity index (χ0n) is 13.9. The molecule has 0 aromatic heterocycles. The molecule has 0 radical (unpaired) electrons. The minimum absolute atomic E-state index is 0.335. The van der Waals surface area contributed by atoms with Crippen molar-refractivity contribution in [2.75, 3.05) is 26.2 Å². The number of rotatable bonds is 5. The van der Waals surface area contributed by atoms with Crippen LogP contribution in [0.4, 0.5) is 0 Å². The van der Waals surface area contributed by atoms with Gasteiger partial charge in [0.2, 0.25) is 10.0 Å². The van der Waals surface area contributed by atoms with Crippen LogP contribution in [0.15, 0.2) is 23.1 Å². The Morgan fingerprint density at radius 2 is 1.87 bits per heavy atom. The van der Waals surface area contributed by atoms with Gasteiger partial charge in [0.15, 0.2) is 0 Å². The van der Waals surface area contributed by atoms with Crippen LogP contribution in [-0.2, 0) is 28.0 Å². The van der Waals surface area contributed by atoms with Crippen LogP contribution < -0.4 is 4.72 Å². The molecule has 0 aliphatic carbocycles. The average Bonchev–Trinajstić information content (AvgIpc) is 2.93. The highest BCUT2D eigenvalue weighted by molar-refractivity contribution is 7.89. The molecule has 6 heteroatoms. The quantitative estimate of drug-likeness (QED) is 0.892. The van der Waals surface area contributed by atoms with Crippen molar-refractivity contribution in [2.45, 2.75) is 38.4 Å². The highest BCUT2D eigenvalue weighted by atomic mass is 32.2. The molecule has 2 aliphatic rings. The van der Waals surface area contributed by atoms with Gasteiger partial charge in [-0.1, -0.05) is 19.9 Å². The molecule has 2 aliphatic heterocycles. The normalized spacial score (nSPS) is 25.5. The molecule has 5 nitrogen and oxygen atoms in total. The number of fused-ring (bicyclic) bond motifs is 1. The Kier molecular flexibility index (Phi) is 5.06. The van der Waals surface area contributed by atoms with Crippen LogP contribution in [0.3, 0.4) is 0 Å². The van der Waals surface area contributed by atoms with E-state index in [0.29, 0.717) is 36.5 Å². The summed E-state index contributed by atoms with van der Waals surface area (Å²) in [6.45, 7) is 8.94. The zero-order valence-corrected chi connectivity index (χ0v) is 14.7. The highest BCUT2D eigenvalue weighted by Gasteiger charge is 2.22. The highest BCUT2D eigenvalue weighted by Crippen LogP contribution is 2.23. The molecule has 0 unspecified atom stereocenters. The summed E-state index contributed by atoms with van der Waals surface area (Å²) in [5.74, 6) is 1.37. The number of nitrogens with zero attached hydrogens (tertiary/aromatic N) is 1. The first-order valence-corrected chi connectivity index (χ1v) is 9.84. The summed E-state index contributed by atoms with van der Waals surface area (Å²) in [6, 6.07) is 5.25. The summed E-state index contributed by atoms with van der Waals surface area (Å²) in [7, 11) is -3.44. The minimum Gasteiger partial charge on any atom is -0.372 e. The second-order valence-electron chi connectivity index (χ2n) is 7.03. The fourth-order valence-electron chi connectivity index (χ4n) is 3.71. The van der Waals surface area contributed by atoms with Gasteiger partial charge in [-0.25, -0.2) is 13.1 Å². The number of hydrogen-bond acceptors (Lipinski definition) is 4. The van der Waals surface area contributed by atoms with Crippen LogP contribution in [0, 0.1) is 11.8 Å². The topological polar surface area (TPSA) is 58.6 Å². The first-order valence-electron chi connectivity index (χ1n) is 8.35. The van der Waals surface area contributed by atoms with Gasteiger partial charge in [0.05, 0.1) is 18.1 Å². The molecule has 0 bridgehead atoms. The van der Waals surface area contributed by atoms with Gasteiger partial charge in [-0.3, -0.25) is 0 Å². The van der Waals surface area contributed by atoms with Crippen LogP contribution in [0.25, 0.3) is 0 Å². The van der Waals surface area contributed by atoms with E-state index in [4.69, 9.17) is 4.74 Å². The molecule has 1 aromatic carbocycles. The minimum atomic E-state index is -3.44. The summed E-state index contributed by atoms with van der Waals surface area (Å²) in [5.41, 5.74) is 2.06. The molecule has 0 amide bonds. The van der Waals surface area contributed by atoms with Crippen LogP contribution in [-0.4, -0.2) is 39.5 Å². The van der Waals surface area contributed by atoms with Gasteiger partial charge in [-0.05, 0) is 41.5 Å². The Morgan fingerprint density at radius 3 is 2.61 bits per heavy atom. The Labute approximate surface area is 139 Å². The molecule has 1 aromatic rings. The van der Waals surface area contributed by atoms with E-state index < -0.39 is 10.0 Å². The van der Waals surface area contributed by atoms with Crippen LogP contribution in [0.5, 0.6) is 0 Å². The summed E-state index contributed by atoms with van der Waals surface area (Å²) in [5, 5.41) is 0. The number of piperidine rings is 1. The number of sulfonamides is 1. The maximum Gasteiger partial charge on any atom is 0.240 e. The molecule has 1 fully saturated rings. The molecular formula is C17H26N2O3S. The van der Waals surface area contributed by atoms with E-state index in [-0.39, 0.29) is 0 Å². The smallest absolute Gasteiger partial charge is 0.240 e. The van der Waals surface area contributed by atoms with E-state index in [2.05, 4.69) is 23.5 Å². The van der Waals surface area contributed by atoms with Crippen molar-refractivity contribution >= 4 is 10.0 Å². The molecule has 3 rings (SSSR count). The molecule has 1 N–H and O–H groups in total. The maximum atomic E-state index is 12.4. The van der Waals surface area contributed by atoms with Gasteiger partial charge in [0, 0.05) is 26.2 Å². The Bertz CT molecular complexity index is 650. The van der Waals surface area contributed by atoms with E-state index in [1.54, 1.807) is 12.1 Å². The largest absolute Gasteiger partial charge is 0.372 e. The van der Waals surface area contributed by atoms with Crippen molar-refractivity contribution in [1.82, 2.24) is 9.62 Å². The molecule has 2 atom stereocenters. The predicted octanol–water partition coefficient (Wildman–Crippen LogP) is 1.97. The Morgan fingerprint density at radius 1 is 1.17 bits per heavy atom. The second-order valence-corrected chi connectivity index (χ2v) is 8.79. The van der Waals surface area contributed by atoms with Crippen LogP contribution in [0.2, 0.25) is 0 Å². The molecule has 1 saturated heterocycles. The van der Waals surface area contributed by atoms with Crippen molar-refractivity contribution in [2.24, 2.45) is 11.8 Å². The molecule has 0 spiro atoms. The van der Waals surface area contributed by atoms with Gasteiger partial charge in [0.1, 0.15) is 0 Å². The summed E-state index contributed by atoms with van der Waals surface area (Å²) in [4.78, 5) is 2.69. The van der Waals surface area contributed by atoms with E-state index in [1.165, 1.54) is 6.42 Å². The van der Waals surface area contributed by atoms with E-state index in [0.717, 1.165) is 30.8 Å². The van der Waals surface area contributed by atoms with Crippen LogP contribution >= 0.6 is 0 Å². The van der Waals surface area contributed by atoms with Gasteiger partial charge in [0.25, 0.3) is 0 Å². The predicted molar refractivity (Wildman–Crippen MR) is 89.5 cm³/mol. The lowest BCUT2D eigenvalue weighted by molar-refractivity contribution is 0.134. The van der Waals surface area contributed by atoms with Gasteiger partial charge in [-0.2, -0.15) is 0 Å². The number of ether oxygens (including phenoxy) is 1. The van der Waals surface area contributed by atoms with Crippen molar-refractivity contribution < 1.29 is 13.2 Å². The standard InChI is InChI=1S/C17H26N2O3S/c1-13-7-14(2)10-19(9-13)6-5-18-23(20,21)17-4-3-15-11-22-12-16(15)8-17/h3-4,8,13-14,18H,5-7,9-12H2,1-2H3/t13-,14-/m0/s1. The van der Waals surface area contributed by atoms with Crippen molar-refractivity contribution in [3.63, 3.8) is 0 Å². The molecule has 0 saturated carbocycles.